The van der Waals surface area contributed by atoms with Gasteiger partial charge in [-0.3, -0.25) is 9.59 Å². The summed E-state index contributed by atoms with van der Waals surface area (Å²) < 4.78 is 21.8. The number of likely N-dealkylation sites (tertiary alicyclic amines) is 1. The SMILES string of the molecule is CC[C@H]1CC[C@@H](c2ncc(-c3ccc4c(c3)COc3cc5c(ccc6nc([C@H](C)N(C(=O)[C@@H](NC(=O)OC)C(C)C)[C@@H](C)CC)[nH]c65)cc3-4)[nH]2)N1C(=O)[C@@H](NC(=O)OC)C1CCOCC1. The Balaban J connectivity index is 1.05. The molecule has 0 bridgehead atoms. The lowest BCUT2D eigenvalue weighted by atomic mass is 9.90. The van der Waals surface area contributed by atoms with Gasteiger partial charge in [0.25, 0.3) is 0 Å². The number of rotatable bonds is 13. The molecular formula is C49H62N8O8. The fraction of sp³-hybridized carbons (Fsp3) is 0.510. The van der Waals surface area contributed by atoms with Crippen LogP contribution < -0.4 is 15.4 Å². The molecule has 65 heavy (non-hydrogen) atoms. The number of methoxy groups -OCH3 is 2. The molecule has 5 aromatic rings. The number of benzene rings is 3. The van der Waals surface area contributed by atoms with E-state index in [9.17, 15) is 19.2 Å². The summed E-state index contributed by atoms with van der Waals surface area (Å²) in [6.07, 6.45) is 5.03. The van der Waals surface area contributed by atoms with E-state index in [1.54, 1.807) is 0 Å². The molecule has 5 heterocycles. The second-order valence-electron chi connectivity index (χ2n) is 18.0. The molecule has 3 aliphatic heterocycles. The van der Waals surface area contributed by atoms with Crippen LogP contribution in [0.15, 0.2) is 48.7 Å². The minimum atomic E-state index is -0.766. The number of carbonyl (C=O) groups excluding carboxylic acids is 4. The number of amides is 4. The number of imidazole rings is 2. The molecule has 8 rings (SSSR count). The van der Waals surface area contributed by atoms with Crippen molar-refractivity contribution < 1.29 is 38.1 Å². The number of H-pyrrole nitrogens is 2. The second-order valence-corrected chi connectivity index (χ2v) is 18.0. The smallest absolute Gasteiger partial charge is 0.407 e. The first kappa shape index (κ1) is 45.4. The lowest BCUT2D eigenvalue weighted by Gasteiger charge is -2.37. The highest BCUT2D eigenvalue weighted by Gasteiger charge is 2.44. The van der Waals surface area contributed by atoms with Crippen LogP contribution in [0.25, 0.3) is 44.2 Å². The Hall–Kier alpha value is -6.16. The molecule has 3 aromatic carbocycles. The predicted molar refractivity (Wildman–Crippen MR) is 246 cm³/mol. The molecule has 4 N–H and O–H groups in total. The van der Waals surface area contributed by atoms with Crippen LogP contribution in [0.2, 0.25) is 0 Å². The quantitative estimate of drug-likeness (QED) is 0.0893. The van der Waals surface area contributed by atoms with Crippen molar-refractivity contribution in [2.75, 3.05) is 27.4 Å². The number of nitrogens with zero attached hydrogens (tertiary/aromatic N) is 4. The Morgan fingerprint density at radius 2 is 1.66 bits per heavy atom. The standard InChI is InChI=1S/C49H62N8O8/c1-9-27(5)56(46(58)41(26(3)4)54-48(60)62-7)28(6)44-51-37-15-12-30-22-36-34-14-11-31(21-32(34)25-65-40(36)23-35(30)43(37)53-44)38-24-50-45(52-38)39-16-13-33(10-2)57(39)47(59)42(55-49(61)63-8)29-17-19-64-20-18-29/h11-12,14-15,21-24,26-29,33,39,41-42H,9-10,13,16-20,25H2,1-8H3,(H,50,52)(H,51,53)(H,54,60)(H,55,61)/t27-,28-,33-,39-,41-,42-/m0/s1. The average Bonchev–Trinajstić information content (AvgIpc) is 4.10. The molecule has 16 nitrogen and oxygen atoms in total. The highest BCUT2D eigenvalue weighted by Crippen LogP contribution is 2.44. The lowest BCUT2D eigenvalue weighted by molar-refractivity contribution is -0.140. The molecule has 0 aliphatic carbocycles. The summed E-state index contributed by atoms with van der Waals surface area (Å²) >= 11 is 0. The van der Waals surface area contributed by atoms with Gasteiger partial charge in [0.2, 0.25) is 11.8 Å². The van der Waals surface area contributed by atoms with E-state index in [4.69, 9.17) is 28.9 Å². The summed E-state index contributed by atoms with van der Waals surface area (Å²) in [5.41, 5.74) is 6.52. The normalized spacial score (nSPS) is 19.2. The summed E-state index contributed by atoms with van der Waals surface area (Å²) in [6.45, 7) is 13.4. The van der Waals surface area contributed by atoms with Gasteiger partial charge in [0.05, 0.1) is 49.2 Å². The van der Waals surface area contributed by atoms with E-state index < -0.39 is 30.3 Å². The fourth-order valence-corrected chi connectivity index (χ4v) is 9.97. The van der Waals surface area contributed by atoms with E-state index in [-0.39, 0.29) is 41.8 Å². The monoisotopic (exact) mass is 890 g/mol. The maximum atomic E-state index is 14.4. The molecule has 346 valence electrons. The number of nitrogens with one attached hydrogen (secondary N) is 4. The van der Waals surface area contributed by atoms with Gasteiger partial charge in [-0.2, -0.15) is 0 Å². The van der Waals surface area contributed by atoms with Crippen molar-refractivity contribution in [3.8, 4) is 28.1 Å². The molecule has 6 atom stereocenters. The van der Waals surface area contributed by atoms with Gasteiger partial charge in [0, 0.05) is 36.2 Å². The second kappa shape index (κ2) is 19.1. The Morgan fingerprint density at radius 1 is 0.908 bits per heavy atom. The third-order valence-electron chi connectivity index (χ3n) is 13.8. The topological polar surface area (TPSA) is 193 Å². The summed E-state index contributed by atoms with van der Waals surface area (Å²) in [6, 6.07) is 12.4. The van der Waals surface area contributed by atoms with Crippen molar-refractivity contribution in [2.24, 2.45) is 11.8 Å². The van der Waals surface area contributed by atoms with Crippen LogP contribution in [0, 0.1) is 11.8 Å². The number of carbonyl (C=O) groups is 4. The average molecular weight is 891 g/mol. The number of aromatic amines is 2. The van der Waals surface area contributed by atoms with E-state index in [0.717, 1.165) is 87.0 Å². The zero-order valence-corrected chi connectivity index (χ0v) is 38.7. The van der Waals surface area contributed by atoms with Gasteiger partial charge in [-0.25, -0.2) is 19.6 Å². The first-order valence-corrected chi connectivity index (χ1v) is 23.0. The predicted octanol–water partition coefficient (Wildman–Crippen LogP) is 8.33. The number of fused-ring (bicyclic) bond motifs is 6. The molecule has 0 unspecified atom stereocenters. The third kappa shape index (κ3) is 8.84. The summed E-state index contributed by atoms with van der Waals surface area (Å²) in [5.74, 6) is 1.60. The van der Waals surface area contributed by atoms with Crippen molar-refractivity contribution in [2.45, 2.75) is 123 Å². The van der Waals surface area contributed by atoms with Gasteiger partial charge in [0.1, 0.15) is 36.1 Å². The van der Waals surface area contributed by atoms with Crippen molar-refractivity contribution in [1.29, 1.82) is 0 Å². The molecule has 4 amide bonds. The molecule has 0 radical (unpaired) electrons. The van der Waals surface area contributed by atoms with Gasteiger partial charge in [-0.05, 0) is 111 Å². The van der Waals surface area contributed by atoms with Crippen LogP contribution in [0.5, 0.6) is 5.75 Å². The van der Waals surface area contributed by atoms with E-state index in [1.165, 1.54) is 14.2 Å². The minimum absolute atomic E-state index is 0.0198. The first-order chi connectivity index (χ1) is 31.3. The van der Waals surface area contributed by atoms with Crippen LogP contribution in [0.4, 0.5) is 9.59 Å². The Kier molecular flexibility index (Phi) is 13.4. The van der Waals surface area contributed by atoms with Crippen molar-refractivity contribution in [3.05, 3.63) is 65.9 Å². The number of ether oxygens (including phenoxy) is 4. The third-order valence-corrected chi connectivity index (χ3v) is 13.8. The van der Waals surface area contributed by atoms with Crippen LogP contribution >= 0.6 is 0 Å². The van der Waals surface area contributed by atoms with E-state index in [0.29, 0.717) is 38.5 Å². The molecule has 0 saturated carbocycles. The number of alkyl carbamates (subject to hydrolysis) is 2. The van der Waals surface area contributed by atoms with Crippen LogP contribution in [-0.2, 0) is 30.4 Å². The number of hydrogen-bond acceptors (Lipinski definition) is 10. The zero-order valence-electron chi connectivity index (χ0n) is 38.7. The van der Waals surface area contributed by atoms with Gasteiger partial charge >= 0.3 is 12.2 Å². The Morgan fingerprint density at radius 3 is 2.37 bits per heavy atom. The minimum Gasteiger partial charge on any atom is -0.488 e. The molecular weight excluding hydrogens is 829 g/mol. The molecule has 0 spiro atoms. The van der Waals surface area contributed by atoms with E-state index >= 15 is 0 Å². The van der Waals surface area contributed by atoms with Crippen LogP contribution in [-0.4, -0.2) is 105 Å². The molecule has 3 aliphatic rings. The summed E-state index contributed by atoms with van der Waals surface area (Å²) in [5, 5.41) is 7.57. The summed E-state index contributed by atoms with van der Waals surface area (Å²) in [7, 11) is 2.60. The first-order valence-electron chi connectivity index (χ1n) is 23.0. The molecule has 2 saturated heterocycles. The maximum Gasteiger partial charge on any atom is 0.407 e. The van der Waals surface area contributed by atoms with Crippen LogP contribution in [0.3, 0.4) is 0 Å². The Bertz CT molecular complexity index is 2560. The van der Waals surface area contributed by atoms with E-state index in [2.05, 4.69) is 63.9 Å². The molecule has 2 aromatic heterocycles. The summed E-state index contributed by atoms with van der Waals surface area (Å²) in [4.78, 5) is 74.0. The Labute approximate surface area is 379 Å². The largest absolute Gasteiger partial charge is 0.488 e. The number of hydrogen-bond donors (Lipinski definition) is 4. The van der Waals surface area contributed by atoms with Crippen molar-refractivity contribution >= 4 is 45.8 Å². The van der Waals surface area contributed by atoms with Crippen molar-refractivity contribution in [1.82, 2.24) is 40.4 Å². The van der Waals surface area contributed by atoms with Gasteiger partial charge in [0.15, 0.2) is 0 Å². The van der Waals surface area contributed by atoms with Gasteiger partial charge < -0.3 is 49.3 Å². The molecule has 2 fully saturated rings. The van der Waals surface area contributed by atoms with Gasteiger partial charge in [-0.15, -0.1) is 0 Å². The number of aromatic nitrogens is 4. The van der Waals surface area contributed by atoms with E-state index in [1.807, 2.05) is 56.7 Å². The fourth-order valence-electron chi connectivity index (χ4n) is 9.97. The van der Waals surface area contributed by atoms with Crippen molar-refractivity contribution in [3.63, 3.8) is 0 Å². The van der Waals surface area contributed by atoms with Crippen LogP contribution in [0.1, 0.15) is 109 Å². The maximum absolute atomic E-state index is 14.4. The lowest BCUT2D eigenvalue weighted by Crippen LogP contribution is -2.54. The highest BCUT2D eigenvalue weighted by molar-refractivity contribution is 6.07. The highest BCUT2D eigenvalue weighted by atomic mass is 16.5. The zero-order chi connectivity index (χ0) is 46.1. The van der Waals surface area contributed by atoms with Gasteiger partial charge in [-0.1, -0.05) is 45.9 Å². The molecule has 16 heteroatoms.